The van der Waals surface area contributed by atoms with Crippen LogP contribution >= 0.6 is 0 Å². The highest BCUT2D eigenvalue weighted by Gasteiger charge is 2.36. The minimum absolute atomic E-state index is 0.107. The first-order valence-electron chi connectivity index (χ1n) is 9.37. The van der Waals surface area contributed by atoms with Crippen molar-refractivity contribution in [2.75, 3.05) is 6.54 Å². The zero-order valence-electron chi connectivity index (χ0n) is 16.0. The van der Waals surface area contributed by atoms with Crippen molar-refractivity contribution in [2.45, 2.75) is 31.3 Å². The van der Waals surface area contributed by atoms with Gasteiger partial charge in [0.05, 0.1) is 22.6 Å². The zero-order chi connectivity index (χ0) is 22.2. The number of hydrogen-bond donors (Lipinski definition) is 1. The third kappa shape index (κ3) is 4.57. The van der Waals surface area contributed by atoms with Gasteiger partial charge in [-0.1, -0.05) is 29.4 Å². The van der Waals surface area contributed by atoms with E-state index < -0.39 is 28.8 Å². The summed E-state index contributed by atoms with van der Waals surface area (Å²) in [6.07, 6.45) is -4.75. The third-order valence-electron chi connectivity index (χ3n) is 5.09. The van der Waals surface area contributed by atoms with Crippen molar-refractivity contribution in [2.24, 2.45) is 0 Å². The Bertz CT molecular complexity index is 1080. The predicted octanol–water partition coefficient (Wildman–Crippen LogP) is 3.97. The Balaban J connectivity index is 1.53. The van der Waals surface area contributed by atoms with E-state index in [1.54, 1.807) is 6.07 Å². The first-order valence-corrected chi connectivity index (χ1v) is 9.37. The number of hydrogen-bond acceptors (Lipinski definition) is 7. The van der Waals surface area contributed by atoms with Crippen LogP contribution in [0.1, 0.15) is 29.5 Å². The second-order valence-corrected chi connectivity index (χ2v) is 7.29. The maximum absolute atomic E-state index is 12.8. The zero-order valence-corrected chi connectivity index (χ0v) is 16.0. The molecule has 4 rings (SSSR count). The Morgan fingerprint density at radius 3 is 2.65 bits per heavy atom. The van der Waals surface area contributed by atoms with Gasteiger partial charge in [-0.15, -0.1) is 0 Å². The molecule has 0 amide bonds. The number of aliphatic hydroxyl groups is 1. The lowest BCUT2D eigenvalue weighted by Crippen LogP contribution is -2.24. The molecule has 3 aromatic rings. The van der Waals surface area contributed by atoms with Crippen LogP contribution in [0.25, 0.3) is 11.4 Å². The van der Waals surface area contributed by atoms with E-state index in [9.17, 15) is 28.4 Å². The lowest BCUT2D eigenvalue weighted by atomic mass is 10.1. The molecule has 2 atom stereocenters. The Morgan fingerprint density at radius 2 is 1.97 bits per heavy atom. The summed E-state index contributed by atoms with van der Waals surface area (Å²) in [5.41, 5.74) is 0.222. The van der Waals surface area contributed by atoms with E-state index in [1.165, 1.54) is 30.3 Å². The SMILES string of the molecule is O=[N+]([O-])c1cccc(-c2noc([C@@H]3C[C@@H](O)CN3Cc3ccc(C(F)(F)F)cc3)n2)c1. The van der Waals surface area contributed by atoms with E-state index in [4.69, 9.17) is 4.52 Å². The molecule has 8 nitrogen and oxygen atoms in total. The van der Waals surface area contributed by atoms with Crippen molar-refractivity contribution in [3.05, 3.63) is 75.7 Å². The Morgan fingerprint density at radius 1 is 1.23 bits per heavy atom. The molecule has 0 spiro atoms. The van der Waals surface area contributed by atoms with Crippen LogP contribution in [-0.4, -0.2) is 37.7 Å². The highest BCUT2D eigenvalue weighted by Crippen LogP contribution is 2.34. The monoisotopic (exact) mass is 434 g/mol. The van der Waals surface area contributed by atoms with Gasteiger partial charge in [-0.05, 0) is 24.1 Å². The van der Waals surface area contributed by atoms with Gasteiger partial charge in [0.15, 0.2) is 0 Å². The number of nitro groups is 1. The van der Waals surface area contributed by atoms with E-state index in [-0.39, 0.29) is 23.9 Å². The number of nitrogens with zero attached hydrogens (tertiary/aromatic N) is 4. The molecule has 0 bridgehead atoms. The van der Waals surface area contributed by atoms with Gasteiger partial charge in [-0.2, -0.15) is 18.2 Å². The van der Waals surface area contributed by atoms with Gasteiger partial charge in [0, 0.05) is 30.8 Å². The maximum atomic E-state index is 12.8. The largest absolute Gasteiger partial charge is 0.416 e. The Kier molecular flexibility index (Phi) is 5.46. The number of benzene rings is 2. The average Bonchev–Trinajstić information content (AvgIpc) is 3.34. The van der Waals surface area contributed by atoms with Crippen molar-refractivity contribution in [1.82, 2.24) is 15.0 Å². The molecule has 0 saturated carbocycles. The summed E-state index contributed by atoms with van der Waals surface area (Å²) in [6, 6.07) is 10.2. The molecular formula is C20H17F3N4O4. The van der Waals surface area contributed by atoms with Gasteiger partial charge in [0.1, 0.15) is 0 Å². The van der Waals surface area contributed by atoms with Crippen molar-refractivity contribution in [3.8, 4) is 11.4 Å². The van der Waals surface area contributed by atoms with Crippen molar-refractivity contribution >= 4 is 5.69 Å². The standard InChI is InChI=1S/C20H17F3N4O4/c21-20(22,23)14-6-4-12(5-7-14)10-26-11-16(28)9-17(26)19-24-18(25-31-19)13-2-1-3-15(8-13)27(29)30/h1-8,16-17,28H,9-11H2/t16-,17+/m1/s1. The van der Waals surface area contributed by atoms with Crippen LogP contribution in [0, 0.1) is 10.1 Å². The van der Waals surface area contributed by atoms with Crippen LogP contribution in [0.15, 0.2) is 53.1 Å². The number of halogens is 3. The van der Waals surface area contributed by atoms with Crippen LogP contribution in [0.5, 0.6) is 0 Å². The minimum atomic E-state index is -4.41. The summed E-state index contributed by atoms with van der Waals surface area (Å²) in [5, 5.41) is 25.0. The van der Waals surface area contributed by atoms with Gasteiger partial charge < -0.3 is 9.63 Å². The summed E-state index contributed by atoms with van der Waals surface area (Å²) >= 11 is 0. The van der Waals surface area contributed by atoms with Gasteiger partial charge in [0.25, 0.3) is 5.69 Å². The van der Waals surface area contributed by atoms with E-state index >= 15 is 0 Å². The van der Waals surface area contributed by atoms with E-state index in [0.717, 1.165) is 12.1 Å². The fourth-order valence-corrected chi connectivity index (χ4v) is 3.59. The highest BCUT2D eigenvalue weighted by atomic mass is 19.4. The average molecular weight is 434 g/mol. The molecule has 0 aliphatic carbocycles. The number of β-amino-alcohol motifs (C(OH)–C–C–N with tert-alkyl or cyclic N) is 1. The number of nitro benzene ring substituents is 1. The van der Waals surface area contributed by atoms with Crippen LogP contribution in [-0.2, 0) is 12.7 Å². The molecular weight excluding hydrogens is 417 g/mol. The second-order valence-electron chi connectivity index (χ2n) is 7.29. The van der Waals surface area contributed by atoms with E-state index in [0.29, 0.717) is 24.1 Å². The molecule has 1 aliphatic heterocycles. The van der Waals surface area contributed by atoms with Gasteiger partial charge >= 0.3 is 6.18 Å². The Labute approximate surface area is 174 Å². The summed E-state index contributed by atoms with van der Waals surface area (Å²) < 4.78 is 43.6. The fourth-order valence-electron chi connectivity index (χ4n) is 3.59. The third-order valence-corrected chi connectivity index (χ3v) is 5.09. The molecule has 0 unspecified atom stereocenters. The summed E-state index contributed by atoms with van der Waals surface area (Å²) in [7, 11) is 0. The van der Waals surface area contributed by atoms with Gasteiger partial charge in [0.2, 0.25) is 11.7 Å². The second kappa shape index (κ2) is 8.08. The predicted molar refractivity (Wildman–Crippen MR) is 102 cm³/mol. The molecule has 1 fully saturated rings. The van der Waals surface area contributed by atoms with Gasteiger partial charge in [-0.25, -0.2) is 0 Å². The van der Waals surface area contributed by atoms with Crippen molar-refractivity contribution < 1.29 is 27.7 Å². The normalized spacial score (nSPS) is 19.6. The lowest BCUT2D eigenvalue weighted by Gasteiger charge is -2.21. The Hall–Kier alpha value is -3.31. The van der Waals surface area contributed by atoms with Gasteiger partial charge in [-0.3, -0.25) is 15.0 Å². The van der Waals surface area contributed by atoms with Crippen molar-refractivity contribution in [3.63, 3.8) is 0 Å². The van der Waals surface area contributed by atoms with Crippen LogP contribution in [0.3, 0.4) is 0 Å². The number of rotatable bonds is 5. The summed E-state index contributed by atoms with van der Waals surface area (Å²) in [4.78, 5) is 16.6. The molecule has 1 aromatic heterocycles. The first-order chi connectivity index (χ1) is 14.7. The molecule has 1 saturated heterocycles. The molecule has 2 heterocycles. The molecule has 162 valence electrons. The highest BCUT2D eigenvalue weighted by molar-refractivity contribution is 5.58. The molecule has 2 aromatic carbocycles. The maximum Gasteiger partial charge on any atom is 0.416 e. The smallest absolute Gasteiger partial charge is 0.392 e. The molecule has 11 heteroatoms. The van der Waals surface area contributed by atoms with Crippen molar-refractivity contribution in [1.29, 1.82) is 0 Å². The summed E-state index contributed by atoms with van der Waals surface area (Å²) in [6.45, 7) is 0.578. The van der Waals surface area contributed by atoms with Crippen LogP contribution in [0.4, 0.5) is 18.9 Å². The van der Waals surface area contributed by atoms with Crippen LogP contribution in [0.2, 0.25) is 0 Å². The van der Waals surface area contributed by atoms with Crippen LogP contribution < -0.4 is 0 Å². The molecule has 0 radical (unpaired) electrons. The number of alkyl halides is 3. The molecule has 1 aliphatic rings. The fraction of sp³-hybridized carbons (Fsp3) is 0.300. The number of aromatic nitrogens is 2. The minimum Gasteiger partial charge on any atom is -0.392 e. The molecule has 31 heavy (non-hydrogen) atoms. The van der Waals surface area contributed by atoms with E-state index in [1.807, 2.05) is 4.90 Å². The topological polar surface area (TPSA) is 106 Å². The number of non-ortho nitro benzene ring substituents is 1. The first kappa shape index (κ1) is 20.9. The number of aliphatic hydroxyl groups excluding tert-OH is 1. The summed E-state index contributed by atoms with van der Waals surface area (Å²) in [5.74, 6) is 0.402. The van der Waals surface area contributed by atoms with E-state index in [2.05, 4.69) is 10.1 Å². The quantitative estimate of drug-likeness (QED) is 0.478. The molecule has 1 N–H and O–H groups in total. The lowest BCUT2D eigenvalue weighted by molar-refractivity contribution is -0.384. The number of likely N-dealkylation sites (tertiary alicyclic amines) is 1.